The maximum absolute atomic E-state index is 15.0. The quantitative estimate of drug-likeness (QED) is 0.161. The van der Waals surface area contributed by atoms with Gasteiger partial charge in [-0.15, -0.1) is 0 Å². The summed E-state index contributed by atoms with van der Waals surface area (Å²) in [6, 6.07) is 4.20. The average molecular weight is 477 g/mol. The molecule has 1 saturated carbocycles. The summed E-state index contributed by atoms with van der Waals surface area (Å²) in [5.41, 5.74) is 1.26. The minimum absolute atomic E-state index is 0.126. The van der Waals surface area contributed by atoms with Crippen LogP contribution in [0.1, 0.15) is 89.0 Å². The van der Waals surface area contributed by atoms with E-state index in [4.69, 9.17) is 0 Å². The molecule has 1 unspecified atom stereocenters. The van der Waals surface area contributed by atoms with Gasteiger partial charge in [-0.1, -0.05) is 56.4 Å². The Labute approximate surface area is 199 Å². The fourth-order valence-electron chi connectivity index (χ4n) is 5.83. The van der Waals surface area contributed by atoms with Crippen molar-refractivity contribution in [3.05, 3.63) is 70.6 Å². The molecule has 0 spiro atoms. The summed E-state index contributed by atoms with van der Waals surface area (Å²) < 4.78 is 70.2. The van der Waals surface area contributed by atoms with E-state index in [1.165, 1.54) is 69.1 Å². The van der Waals surface area contributed by atoms with Crippen molar-refractivity contribution in [2.24, 2.45) is 11.8 Å². The maximum Gasteiger partial charge on any atom is 0.194 e. The molecule has 5 heteroatoms. The van der Waals surface area contributed by atoms with E-state index in [-0.39, 0.29) is 17.0 Å². The van der Waals surface area contributed by atoms with Gasteiger partial charge in [0.25, 0.3) is 0 Å². The monoisotopic (exact) mass is 476 g/mol. The Bertz CT molecular complexity index is 1010. The van der Waals surface area contributed by atoms with Gasteiger partial charge in [0, 0.05) is 5.56 Å². The summed E-state index contributed by atoms with van der Waals surface area (Å²) in [5.74, 6) is -5.28. The van der Waals surface area contributed by atoms with Gasteiger partial charge in [0.2, 0.25) is 0 Å². The van der Waals surface area contributed by atoms with Crippen molar-refractivity contribution < 1.29 is 22.0 Å². The summed E-state index contributed by atoms with van der Waals surface area (Å²) in [5, 5.41) is 0. The minimum Gasteiger partial charge on any atom is -0.204 e. The van der Waals surface area contributed by atoms with Crippen molar-refractivity contribution in [2.75, 3.05) is 0 Å². The first-order chi connectivity index (χ1) is 16.4. The van der Waals surface area contributed by atoms with Crippen molar-refractivity contribution in [1.82, 2.24) is 0 Å². The lowest BCUT2D eigenvalue weighted by Gasteiger charge is -2.33. The SMILES string of the molecule is CCCCCC1CCC(C2=CCC(c3ccc(-c4cc(F)c(F)c(F)c4)c(F)c3F)CC2)CC1. The predicted octanol–water partition coefficient (Wildman–Crippen LogP) is 9.63. The van der Waals surface area contributed by atoms with Crippen LogP contribution in [0.25, 0.3) is 11.1 Å². The maximum atomic E-state index is 15.0. The Balaban J connectivity index is 1.41. The van der Waals surface area contributed by atoms with Crippen LogP contribution in [0.3, 0.4) is 0 Å². The summed E-state index contributed by atoms with van der Waals surface area (Å²) in [7, 11) is 0. The molecule has 0 saturated heterocycles. The van der Waals surface area contributed by atoms with Gasteiger partial charge >= 0.3 is 0 Å². The molecule has 184 valence electrons. The molecule has 1 atom stereocenters. The van der Waals surface area contributed by atoms with Crippen molar-refractivity contribution in [1.29, 1.82) is 0 Å². The lowest BCUT2D eigenvalue weighted by Crippen LogP contribution is -2.18. The minimum atomic E-state index is -1.63. The molecule has 2 aromatic rings. The number of benzene rings is 2. The molecule has 2 aliphatic rings. The number of halogens is 5. The third-order valence-corrected chi connectivity index (χ3v) is 7.88. The van der Waals surface area contributed by atoms with Crippen LogP contribution in [0, 0.1) is 40.9 Å². The molecule has 0 N–H and O–H groups in total. The Hall–Kier alpha value is -2.17. The summed E-state index contributed by atoms with van der Waals surface area (Å²) in [4.78, 5) is 0. The van der Waals surface area contributed by atoms with Crippen LogP contribution < -0.4 is 0 Å². The van der Waals surface area contributed by atoms with E-state index < -0.39 is 29.1 Å². The number of hydrogen-bond acceptors (Lipinski definition) is 0. The van der Waals surface area contributed by atoms with Crippen LogP contribution in [0.2, 0.25) is 0 Å². The Kier molecular flexibility index (Phi) is 8.10. The Morgan fingerprint density at radius 1 is 0.765 bits per heavy atom. The molecular weight excluding hydrogens is 443 g/mol. The smallest absolute Gasteiger partial charge is 0.194 e. The van der Waals surface area contributed by atoms with E-state index in [0.29, 0.717) is 30.0 Å². The van der Waals surface area contributed by atoms with Crippen LogP contribution in [-0.2, 0) is 0 Å². The number of hydrogen-bond donors (Lipinski definition) is 0. The summed E-state index contributed by atoms with van der Waals surface area (Å²) >= 11 is 0. The molecule has 4 rings (SSSR count). The molecule has 2 aliphatic carbocycles. The average Bonchev–Trinajstić information content (AvgIpc) is 2.85. The van der Waals surface area contributed by atoms with Crippen LogP contribution in [0.15, 0.2) is 35.9 Å². The first-order valence-electron chi connectivity index (χ1n) is 12.7. The molecule has 34 heavy (non-hydrogen) atoms. The van der Waals surface area contributed by atoms with Crippen molar-refractivity contribution in [3.8, 4) is 11.1 Å². The van der Waals surface area contributed by atoms with Crippen molar-refractivity contribution in [2.45, 2.75) is 83.5 Å². The molecule has 0 heterocycles. The highest BCUT2D eigenvalue weighted by Gasteiger charge is 2.28. The molecule has 1 fully saturated rings. The van der Waals surface area contributed by atoms with Crippen LogP contribution >= 0.6 is 0 Å². The van der Waals surface area contributed by atoms with E-state index in [1.807, 2.05) is 0 Å². The third kappa shape index (κ3) is 5.39. The molecule has 0 bridgehead atoms. The summed E-state index contributed by atoms with van der Waals surface area (Å²) in [6.45, 7) is 2.24. The fourth-order valence-corrected chi connectivity index (χ4v) is 5.83. The van der Waals surface area contributed by atoms with E-state index in [2.05, 4.69) is 13.0 Å². The van der Waals surface area contributed by atoms with Crippen LogP contribution in [0.4, 0.5) is 22.0 Å². The van der Waals surface area contributed by atoms with Gasteiger partial charge in [0.1, 0.15) is 0 Å². The van der Waals surface area contributed by atoms with Gasteiger partial charge in [-0.25, -0.2) is 22.0 Å². The third-order valence-electron chi connectivity index (χ3n) is 7.88. The second kappa shape index (κ2) is 11.0. The topological polar surface area (TPSA) is 0 Å². The van der Waals surface area contributed by atoms with E-state index >= 15 is 0 Å². The molecule has 0 aliphatic heterocycles. The van der Waals surface area contributed by atoms with Crippen molar-refractivity contribution in [3.63, 3.8) is 0 Å². The van der Waals surface area contributed by atoms with Gasteiger partial charge in [-0.05, 0) is 86.0 Å². The standard InChI is InChI=1S/C29H33F5/c1-2-3-4-5-18-6-8-19(9-7-18)20-10-12-21(13-11-20)23-14-15-24(28(33)27(23)32)22-16-25(30)29(34)26(31)17-22/h10,14-19,21H,2-9,11-13H2,1H3. The fraction of sp³-hybridized carbons (Fsp3) is 0.517. The highest BCUT2D eigenvalue weighted by molar-refractivity contribution is 5.65. The second-order valence-corrected chi connectivity index (χ2v) is 10.0. The van der Waals surface area contributed by atoms with E-state index in [0.717, 1.165) is 18.8 Å². The van der Waals surface area contributed by atoms with Gasteiger partial charge in [-0.3, -0.25) is 0 Å². The van der Waals surface area contributed by atoms with Crippen LogP contribution in [-0.4, -0.2) is 0 Å². The first kappa shape index (κ1) is 24.9. The molecular formula is C29H33F5. The van der Waals surface area contributed by atoms with Crippen LogP contribution in [0.5, 0.6) is 0 Å². The first-order valence-corrected chi connectivity index (χ1v) is 12.7. The predicted molar refractivity (Wildman–Crippen MR) is 126 cm³/mol. The largest absolute Gasteiger partial charge is 0.204 e. The number of allylic oxidation sites excluding steroid dienone is 2. The molecule has 0 amide bonds. The second-order valence-electron chi connectivity index (χ2n) is 10.0. The van der Waals surface area contributed by atoms with Crippen molar-refractivity contribution >= 4 is 0 Å². The van der Waals surface area contributed by atoms with E-state index in [9.17, 15) is 22.0 Å². The zero-order valence-electron chi connectivity index (χ0n) is 19.8. The normalized spacial score (nSPS) is 23.1. The lowest BCUT2D eigenvalue weighted by molar-refractivity contribution is 0.275. The lowest BCUT2D eigenvalue weighted by atomic mass is 9.73. The Morgan fingerprint density at radius 2 is 1.47 bits per heavy atom. The van der Waals surface area contributed by atoms with Gasteiger partial charge in [-0.2, -0.15) is 0 Å². The highest BCUT2D eigenvalue weighted by Crippen LogP contribution is 2.42. The zero-order chi connectivity index (χ0) is 24.2. The van der Waals surface area contributed by atoms with Gasteiger partial charge in [0.05, 0.1) is 0 Å². The summed E-state index contributed by atoms with van der Waals surface area (Å²) in [6.07, 6.45) is 14.9. The van der Waals surface area contributed by atoms with Gasteiger partial charge in [0.15, 0.2) is 29.1 Å². The molecule has 0 nitrogen and oxygen atoms in total. The number of unbranched alkanes of at least 4 members (excludes halogenated alkanes) is 2. The molecule has 2 aromatic carbocycles. The zero-order valence-corrected chi connectivity index (χ0v) is 19.8. The van der Waals surface area contributed by atoms with Gasteiger partial charge < -0.3 is 0 Å². The molecule has 0 radical (unpaired) electrons. The highest BCUT2D eigenvalue weighted by atomic mass is 19.2. The molecule has 0 aromatic heterocycles. The number of rotatable bonds is 7. The van der Waals surface area contributed by atoms with E-state index in [1.54, 1.807) is 0 Å². The Morgan fingerprint density at radius 3 is 2.09 bits per heavy atom.